The highest BCUT2D eigenvalue weighted by Crippen LogP contribution is 2.28. The number of hydrogen-bond donors (Lipinski definition) is 0. The molecule has 0 saturated carbocycles. The second-order valence-electron chi connectivity index (χ2n) is 3.25. The van der Waals surface area contributed by atoms with Gasteiger partial charge in [0.25, 0.3) is 0 Å². The fraction of sp³-hybridized carbons (Fsp3) is 0.400. The number of halogens is 3. The Kier molecular flexibility index (Phi) is 2.73. The van der Waals surface area contributed by atoms with Gasteiger partial charge in [-0.15, -0.1) is 13.2 Å². The Labute approximate surface area is 80.5 Å². The van der Waals surface area contributed by atoms with Crippen LogP contribution in [0.25, 0.3) is 0 Å². The molecule has 0 aliphatic rings. The molecule has 78 valence electrons. The van der Waals surface area contributed by atoms with Gasteiger partial charge in [-0.25, -0.2) is 0 Å². The summed E-state index contributed by atoms with van der Waals surface area (Å²) in [5.74, 6) is -0.124. The molecule has 0 amide bonds. The highest BCUT2D eigenvalue weighted by atomic mass is 19.4. The topological polar surface area (TPSA) is 9.23 Å². The highest BCUT2D eigenvalue weighted by Gasteiger charge is 2.31. The fourth-order valence-corrected chi connectivity index (χ4v) is 1.17. The van der Waals surface area contributed by atoms with Crippen LogP contribution >= 0.6 is 0 Å². The van der Waals surface area contributed by atoms with E-state index in [2.05, 4.69) is 4.74 Å². The zero-order valence-corrected chi connectivity index (χ0v) is 8.20. The Morgan fingerprint density at radius 1 is 0.929 bits per heavy atom. The maximum atomic E-state index is 11.9. The monoisotopic (exact) mass is 204 g/mol. The lowest BCUT2D eigenvalue weighted by Gasteiger charge is -2.13. The van der Waals surface area contributed by atoms with E-state index >= 15 is 0 Å². The van der Waals surface area contributed by atoms with Crippen LogP contribution in [0.2, 0.25) is 0 Å². The number of aryl methyl sites for hydroxylation is 3. The van der Waals surface area contributed by atoms with Gasteiger partial charge in [-0.05, 0) is 43.5 Å². The molecule has 0 radical (unpaired) electrons. The SMILES string of the molecule is Cc1cc(C)c(OC(F)(F)F)cc1C. The summed E-state index contributed by atoms with van der Waals surface area (Å²) < 4.78 is 39.7. The number of rotatable bonds is 1. The lowest BCUT2D eigenvalue weighted by Crippen LogP contribution is -2.17. The molecule has 0 N–H and O–H groups in total. The van der Waals surface area contributed by atoms with Gasteiger partial charge in [0.2, 0.25) is 0 Å². The van der Waals surface area contributed by atoms with Crippen molar-refractivity contribution in [2.75, 3.05) is 0 Å². The molecule has 0 aromatic heterocycles. The Hall–Kier alpha value is -1.19. The molecule has 0 aliphatic carbocycles. The van der Waals surface area contributed by atoms with Crippen LogP contribution in [0, 0.1) is 20.8 Å². The molecule has 4 heteroatoms. The van der Waals surface area contributed by atoms with Gasteiger partial charge in [0.15, 0.2) is 0 Å². The standard InChI is InChI=1S/C10H11F3O/c1-6-4-8(3)9(5-7(6)2)14-10(11,12)13/h4-5H,1-3H3. The van der Waals surface area contributed by atoms with Crippen molar-refractivity contribution in [2.24, 2.45) is 0 Å². The maximum Gasteiger partial charge on any atom is 0.573 e. The molecular formula is C10H11F3O. The fourth-order valence-electron chi connectivity index (χ4n) is 1.17. The van der Waals surface area contributed by atoms with Crippen LogP contribution in [0.1, 0.15) is 16.7 Å². The van der Waals surface area contributed by atoms with E-state index in [4.69, 9.17) is 0 Å². The van der Waals surface area contributed by atoms with E-state index in [0.717, 1.165) is 11.1 Å². The number of benzene rings is 1. The molecule has 1 aromatic carbocycles. The van der Waals surface area contributed by atoms with Crippen molar-refractivity contribution in [3.8, 4) is 5.75 Å². The molecule has 0 unspecified atom stereocenters. The predicted octanol–water partition coefficient (Wildman–Crippen LogP) is 3.51. The first-order valence-corrected chi connectivity index (χ1v) is 4.13. The number of alkyl halides is 3. The maximum absolute atomic E-state index is 11.9. The van der Waals surface area contributed by atoms with Crippen LogP contribution in [-0.4, -0.2) is 6.36 Å². The van der Waals surface area contributed by atoms with Crippen molar-refractivity contribution in [3.63, 3.8) is 0 Å². The Balaban J connectivity index is 3.04. The lowest BCUT2D eigenvalue weighted by molar-refractivity contribution is -0.274. The van der Waals surface area contributed by atoms with Crippen molar-refractivity contribution in [3.05, 3.63) is 28.8 Å². The van der Waals surface area contributed by atoms with E-state index in [1.165, 1.54) is 6.07 Å². The average Bonchev–Trinajstić information content (AvgIpc) is 1.97. The van der Waals surface area contributed by atoms with Crippen molar-refractivity contribution >= 4 is 0 Å². The van der Waals surface area contributed by atoms with Crippen LogP contribution in [0.4, 0.5) is 13.2 Å². The third kappa shape index (κ3) is 2.65. The minimum absolute atomic E-state index is 0.124. The summed E-state index contributed by atoms with van der Waals surface area (Å²) in [4.78, 5) is 0. The predicted molar refractivity (Wildman–Crippen MR) is 47.3 cm³/mol. The average molecular weight is 204 g/mol. The second-order valence-corrected chi connectivity index (χ2v) is 3.25. The summed E-state index contributed by atoms with van der Waals surface area (Å²) in [6, 6.07) is 3.08. The number of ether oxygens (including phenoxy) is 1. The van der Waals surface area contributed by atoms with Crippen LogP contribution in [0.15, 0.2) is 12.1 Å². The molecular weight excluding hydrogens is 193 g/mol. The molecule has 1 rings (SSSR count). The van der Waals surface area contributed by atoms with Gasteiger partial charge < -0.3 is 4.74 Å². The first-order valence-electron chi connectivity index (χ1n) is 4.13. The third-order valence-electron chi connectivity index (χ3n) is 2.02. The van der Waals surface area contributed by atoms with E-state index < -0.39 is 6.36 Å². The molecule has 0 bridgehead atoms. The van der Waals surface area contributed by atoms with Gasteiger partial charge >= 0.3 is 6.36 Å². The Morgan fingerprint density at radius 3 is 1.93 bits per heavy atom. The normalized spacial score (nSPS) is 11.6. The van der Waals surface area contributed by atoms with E-state index in [-0.39, 0.29) is 5.75 Å². The molecule has 0 atom stereocenters. The van der Waals surface area contributed by atoms with Crippen LogP contribution in [0.5, 0.6) is 5.75 Å². The summed E-state index contributed by atoms with van der Waals surface area (Å²) >= 11 is 0. The third-order valence-corrected chi connectivity index (χ3v) is 2.02. The van der Waals surface area contributed by atoms with Crippen molar-refractivity contribution in [1.82, 2.24) is 0 Å². The summed E-state index contributed by atoms with van der Waals surface area (Å²) in [6.45, 7) is 5.19. The Bertz CT molecular complexity index is 342. The summed E-state index contributed by atoms with van der Waals surface area (Å²) in [6.07, 6.45) is -4.62. The molecule has 1 nitrogen and oxygen atoms in total. The van der Waals surface area contributed by atoms with Crippen LogP contribution < -0.4 is 4.74 Å². The summed E-state index contributed by atoms with van der Waals surface area (Å²) in [5.41, 5.74) is 2.23. The molecule has 14 heavy (non-hydrogen) atoms. The molecule has 0 aliphatic heterocycles. The highest BCUT2D eigenvalue weighted by molar-refractivity contribution is 5.40. The zero-order chi connectivity index (χ0) is 10.9. The van der Waals surface area contributed by atoms with Crippen molar-refractivity contribution < 1.29 is 17.9 Å². The van der Waals surface area contributed by atoms with Gasteiger partial charge in [0.1, 0.15) is 5.75 Å². The first kappa shape index (κ1) is 10.9. The van der Waals surface area contributed by atoms with Gasteiger partial charge in [-0.3, -0.25) is 0 Å². The van der Waals surface area contributed by atoms with E-state index in [9.17, 15) is 13.2 Å². The van der Waals surface area contributed by atoms with Crippen LogP contribution in [0.3, 0.4) is 0 Å². The molecule has 0 spiro atoms. The Morgan fingerprint density at radius 2 is 1.43 bits per heavy atom. The van der Waals surface area contributed by atoms with Crippen LogP contribution in [-0.2, 0) is 0 Å². The van der Waals surface area contributed by atoms with Crippen molar-refractivity contribution in [2.45, 2.75) is 27.1 Å². The smallest absolute Gasteiger partial charge is 0.406 e. The van der Waals surface area contributed by atoms with Crippen molar-refractivity contribution in [1.29, 1.82) is 0 Å². The van der Waals surface area contributed by atoms with Gasteiger partial charge in [-0.1, -0.05) is 6.07 Å². The minimum atomic E-state index is -4.62. The van der Waals surface area contributed by atoms with Gasteiger partial charge in [0.05, 0.1) is 0 Å². The van der Waals surface area contributed by atoms with E-state index in [1.807, 2.05) is 6.92 Å². The molecule has 0 heterocycles. The minimum Gasteiger partial charge on any atom is -0.406 e. The largest absolute Gasteiger partial charge is 0.573 e. The second kappa shape index (κ2) is 3.52. The summed E-state index contributed by atoms with van der Waals surface area (Å²) in [7, 11) is 0. The van der Waals surface area contributed by atoms with Gasteiger partial charge in [0, 0.05) is 0 Å². The molecule has 0 fully saturated rings. The zero-order valence-electron chi connectivity index (χ0n) is 8.20. The van der Waals surface area contributed by atoms with E-state index in [1.54, 1.807) is 19.9 Å². The van der Waals surface area contributed by atoms with E-state index in [0.29, 0.717) is 5.56 Å². The van der Waals surface area contributed by atoms with Gasteiger partial charge in [-0.2, -0.15) is 0 Å². The first-order chi connectivity index (χ1) is 6.29. The number of hydrogen-bond acceptors (Lipinski definition) is 1. The summed E-state index contributed by atoms with van der Waals surface area (Å²) in [5, 5.41) is 0. The molecule has 0 saturated heterocycles. The lowest BCUT2D eigenvalue weighted by atomic mass is 10.1. The quantitative estimate of drug-likeness (QED) is 0.680. The molecule has 1 aromatic rings.